The first-order valence-corrected chi connectivity index (χ1v) is 10.2. The molecule has 0 aliphatic heterocycles. The Morgan fingerprint density at radius 1 is 1.13 bits per heavy atom. The van der Waals surface area contributed by atoms with Gasteiger partial charge in [-0.15, -0.1) is 0 Å². The van der Waals surface area contributed by atoms with Crippen molar-refractivity contribution in [2.45, 2.75) is 31.7 Å². The molecule has 1 aromatic heterocycles. The van der Waals surface area contributed by atoms with E-state index < -0.39 is 10.0 Å². The molecule has 1 atom stereocenters. The minimum atomic E-state index is -3.49. The molecule has 126 valence electrons. The number of rotatable bonds is 8. The van der Waals surface area contributed by atoms with E-state index in [0.29, 0.717) is 11.4 Å². The predicted octanol–water partition coefficient (Wildman–Crippen LogP) is 3.42. The molecule has 0 saturated heterocycles. The van der Waals surface area contributed by atoms with E-state index in [0.717, 1.165) is 24.2 Å². The molecule has 0 aliphatic rings. The van der Waals surface area contributed by atoms with Crippen LogP contribution < -0.4 is 4.72 Å². The summed E-state index contributed by atoms with van der Waals surface area (Å²) in [5.74, 6) is 0. The zero-order valence-corrected chi connectivity index (χ0v) is 15.5. The lowest BCUT2D eigenvalue weighted by Crippen LogP contribution is -2.37. The van der Waals surface area contributed by atoms with E-state index in [1.165, 1.54) is 0 Å². The van der Waals surface area contributed by atoms with E-state index in [9.17, 15) is 8.42 Å². The number of thiophene rings is 1. The fourth-order valence-corrected chi connectivity index (χ4v) is 4.32. The van der Waals surface area contributed by atoms with Crippen LogP contribution in [-0.4, -0.2) is 33.0 Å². The van der Waals surface area contributed by atoms with Crippen molar-refractivity contribution in [1.82, 2.24) is 9.62 Å². The molecule has 0 aliphatic carbocycles. The van der Waals surface area contributed by atoms with Gasteiger partial charge in [-0.3, -0.25) is 4.90 Å². The molecule has 0 fully saturated rings. The molecule has 0 bridgehead atoms. The summed E-state index contributed by atoms with van der Waals surface area (Å²) in [4.78, 5) is 2.58. The largest absolute Gasteiger partial charge is 0.296 e. The molecule has 1 unspecified atom stereocenters. The topological polar surface area (TPSA) is 49.4 Å². The number of likely N-dealkylation sites (N-methyl/N-ethyl adjacent to an activating group) is 1. The van der Waals surface area contributed by atoms with Crippen molar-refractivity contribution in [3.05, 3.63) is 52.2 Å². The third-order valence-corrected chi connectivity index (χ3v) is 6.12. The summed E-state index contributed by atoms with van der Waals surface area (Å²) in [6, 6.07) is 9.04. The summed E-state index contributed by atoms with van der Waals surface area (Å²) < 4.78 is 27.7. The Morgan fingerprint density at radius 3 is 2.30 bits per heavy atom. The quantitative estimate of drug-likeness (QED) is 0.792. The lowest BCUT2D eigenvalue weighted by molar-refractivity contribution is 0.220. The third kappa shape index (κ3) is 4.64. The van der Waals surface area contributed by atoms with Gasteiger partial charge in [0.1, 0.15) is 0 Å². The number of nitrogens with one attached hydrogen (secondary N) is 1. The lowest BCUT2D eigenvalue weighted by Gasteiger charge is -2.29. The van der Waals surface area contributed by atoms with E-state index in [1.54, 1.807) is 23.5 Å². The Kier molecular flexibility index (Phi) is 6.35. The Labute approximate surface area is 143 Å². The van der Waals surface area contributed by atoms with Crippen LogP contribution in [0.15, 0.2) is 46.0 Å². The van der Waals surface area contributed by atoms with Crippen LogP contribution in [-0.2, 0) is 10.0 Å². The van der Waals surface area contributed by atoms with Crippen LogP contribution in [0.2, 0.25) is 0 Å². The first kappa shape index (κ1) is 18.1. The highest BCUT2D eigenvalue weighted by atomic mass is 32.2. The van der Waals surface area contributed by atoms with Gasteiger partial charge in [0.25, 0.3) is 0 Å². The summed E-state index contributed by atoms with van der Waals surface area (Å²) in [6.07, 6.45) is 0. The van der Waals surface area contributed by atoms with E-state index in [-0.39, 0.29) is 6.04 Å². The predicted molar refractivity (Wildman–Crippen MR) is 96.3 cm³/mol. The molecule has 1 aromatic carbocycles. The lowest BCUT2D eigenvalue weighted by atomic mass is 10.1. The van der Waals surface area contributed by atoms with Crippen LogP contribution in [0.1, 0.15) is 31.0 Å². The van der Waals surface area contributed by atoms with Crippen molar-refractivity contribution in [2.24, 2.45) is 0 Å². The maximum absolute atomic E-state index is 12.5. The summed E-state index contributed by atoms with van der Waals surface area (Å²) in [5.41, 5.74) is 2.20. The number of sulfonamides is 1. The van der Waals surface area contributed by atoms with Crippen molar-refractivity contribution >= 4 is 21.4 Å². The van der Waals surface area contributed by atoms with Crippen molar-refractivity contribution in [1.29, 1.82) is 0 Å². The van der Waals surface area contributed by atoms with Gasteiger partial charge in [-0.2, -0.15) is 11.3 Å². The zero-order valence-electron chi connectivity index (χ0n) is 13.8. The second-order valence-corrected chi connectivity index (χ2v) is 8.01. The maximum atomic E-state index is 12.5. The minimum Gasteiger partial charge on any atom is -0.296 e. The average Bonchev–Trinajstić information content (AvgIpc) is 3.06. The van der Waals surface area contributed by atoms with Crippen molar-refractivity contribution in [2.75, 3.05) is 19.6 Å². The number of hydrogen-bond acceptors (Lipinski definition) is 4. The van der Waals surface area contributed by atoms with Crippen LogP contribution in [0.5, 0.6) is 0 Å². The first-order chi connectivity index (χ1) is 11.0. The normalized spacial score (nSPS) is 13.4. The van der Waals surface area contributed by atoms with Gasteiger partial charge in [0, 0.05) is 12.6 Å². The molecule has 4 nitrogen and oxygen atoms in total. The van der Waals surface area contributed by atoms with E-state index in [1.807, 2.05) is 24.4 Å². The number of hydrogen-bond donors (Lipinski definition) is 1. The highest BCUT2D eigenvalue weighted by Crippen LogP contribution is 2.23. The third-order valence-electron chi connectivity index (χ3n) is 3.98. The molecule has 6 heteroatoms. The van der Waals surface area contributed by atoms with E-state index in [2.05, 4.69) is 34.9 Å². The van der Waals surface area contributed by atoms with Gasteiger partial charge in [-0.1, -0.05) is 31.5 Å². The minimum absolute atomic E-state index is 0.0523. The monoisotopic (exact) mass is 352 g/mol. The molecule has 1 heterocycles. The number of benzene rings is 1. The Hall–Kier alpha value is -1.21. The van der Waals surface area contributed by atoms with Gasteiger partial charge in [-0.05, 0) is 54.5 Å². The van der Waals surface area contributed by atoms with E-state index >= 15 is 0 Å². The highest BCUT2D eigenvalue weighted by Gasteiger charge is 2.22. The summed E-state index contributed by atoms with van der Waals surface area (Å²) in [5, 5.41) is 4.11. The molecule has 0 saturated carbocycles. The molecule has 2 rings (SSSR count). The summed E-state index contributed by atoms with van der Waals surface area (Å²) >= 11 is 1.63. The molecular formula is C17H24N2O2S2. The Bertz CT molecular complexity index is 691. The van der Waals surface area contributed by atoms with Crippen LogP contribution in [0.4, 0.5) is 0 Å². The number of aryl methyl sites for hydroxylation is 1. The standard InChI is InChI=1S/C17H24N2O2S2/c1-4-19(5-2)17(15-10-11-22-13-15)12-18-23(20,21)16-8-6-14(3)7-9-16/h6-11,13,17-18H,4-5,12H2,1-3H3. The fraction of sp³-hybridized carbons (Fsp3) is 0.412. The first-order valence-electron chi connectivity index (χ1n) is 7.80. The molecule has 0 radical (unpaired) electrons. The molecule has 0 amide bonds. The Balaban J connectivity index is 2.16. The number of nitrogens with zero attached hydrogens (tertiary/aromatic N) is 1. The van der Waals surface area contributed by atoms with Crippen molar-refractivity contribution < 1.29 is 8.42 Å². The van der Waals surface area contributed by atoms with Gasteiger partial charge in [0.05, 0.1) is 4.90 Å². The zero-order chi connectivity index (χ0) is 16.9. The molecular weight excluding hydrogens is 328 g/mol. The molecule has 23 heavy (non-hydrogen) atoms. The summed E-state index contributed by atoms with van der Waals surface area (Å²) in [7, 11) is -3.49. The Morgan fingerprint density at radius 2 is 1.78 bits per heavy atom. The molecule has 2 aromatic rings. The van der Waals surface area contributed by atoms with Crippen molar-refractivity contribution in [3.8, 4) is 0 Å². The van der Waals surface area contributed by atoms with Crippen LogP contribution in [0.25, 0.3) is 0 Å². The van der Waals surface area contributed by atoms with Gasteiger partial charge in [0.15, 0.2) is 0 Å². The van der Waals surface area contributed by atoms with Crippen LogP contribution in [0, 0.1) is 6.92 Å². The van der Waals surface area contributed by atoms with Crippen molar-refractivity contribution in [3.63, 3.8) is 0 Å². The maximum Gasteiger partial charge on any atom is 0.240 e. The van der Waals surface area contributed by atoms with Gasteiger partial charge in [0.2, 0.25) is 10.0 Å². The van der Waals surface area contributed by atoms with Crippen LogP contribution >= 0.6 is 11.3 Å². The highest BCUT2D eigenvalue weighted by molar-refractivity contribution is 7.89. The summed E-state index contributed by atoms with van der Waals surface area (Å²) in [6.45, 7) is 8.26. The smallest absolute Gasteiger partial charge is 0.240 e. The second-order valence-electron chi connectivity index (χ2n) is 5.46. The van der Waals surface area contributed by atoms with Crippen LogP contribution in [0.3, 0.4) is 0 Å². The van der Waals surface area contributed by atoms with E-state index in [4.69, 9.17) is 0 Å². The SMILES string of the molecule is CCN(CC)C(CNS(=O)(=O)c1ccc(C)cc1)c1ccsc1. The fourth-order valence-electron chi connectivity index (χ4n) is 2.58. The van der Waals surface area contributed by atoms with Gasteiger partial charge >= 0.3 is 0 Å². The molecule has 0 spiro atoms. The molecule has 1 N–H and O–H groups in total. The van der Waals surface area contributed by atoms with Gasteiger partial charge in [-0.25, -0.2) is 13.1 Å². The average molecular weight is 353 g/mol. The second kappa shape index (κ2) is 8.06. The van der Waals surface area contributed by atoms with Gasteiger partial charge < -0.3 is 0 Å².